The van der Waals surface area contributed by atoms with E-state index in [0.717, 1.165) is 12.8 Å². The van der Waals surface area contributed by atoms with Gasteiger partial charge in [0.1, 0.15) is 16.6 Å². The predicted molar refractivity (Wildman–Crippen MR) is 73.5 cm³/mol. The van der Waals surface area contributed by atoms with Crippen LogP contribution in [0.15, 0.2) is 18.2 Å². The van der Waals surface area contributed by atoms with Gasteiger partial charge < -0.3 is 4.74 Å². The van der Waals surface area contributed by atoms with Crippen molar-refractivity contribution >= 4 is 29.0 Å². The first-order chi connectivity index (χ1) is 8.68. The molecular formula is C14H16Cl2O2. The fraction of sp³-hybridized carbons (Fsp3) is 0.500. The Bertz CT molecular complexity index is 426. The second-order valence-electron chi connectivity index (χ2n) is 4.60. The number of carbonyl (C=O) groups is 1. The fourth-order valence-electron chi connectivity index (χ4n) is 2.31. The Balaban J connectivity index is 1.81. The van der Waals surface area contributed by atoms with E-state index in [1.807, 2.05) is 0 Å². The van der Waals surface area contributed by atoms with E-state index in [0.29, 0.717) is 34.6 Å². The SMILES string of the molecule is O=C(CCOc1cccc(Cl)c1Cl)C1CCCC1. The van der Waals surface area contributed by atoms with Gasteiger partial charge in [-0.3, -0.25) is 4.79 Å². The summed E-state index contributed by atoms with van der Waals surface area (Å²) in [5.41, 5.74) is 0. The molecule has 0 aliphatic heterocycles. The minimum atomic E-state index is 0.253. The molecule has 1 aromatic carbocycles. The number of carbonyl (C=O) groups excluding carboxylic acids is 1. The Labute approximate surface area is 117 Å². The molecule has 2 nitrogen and oxygen atoms in total. The number of rotatable bonds is 5. The van der Waals surface area contributed by atoms with Crippen LogP contribution in [-0.4, -0.2) is 12.4 Å². The number of ether oxygens (including phenoxy) is 1. The average molecular weight is 287 g/mol. The lowest BCUT2D eigenvalue weighted by atomic mass is 10.0. The molecule has 0 radical (unpaired) electrons. The van der Waals surface area contributed by atoms with Crippen LogP contribution in [0.4, 0.5) is 0 Å². The highest BCUT2D eigenvalue weighted by atomic mass is 35.5. The maximum atomic E-state index is 11.8. The van der Waals surface area contributed by atoms with Crippen molar-refractivity contribution in [3.8, 4) is 5.75 Å². The number of ketones is 1. The Morgan fingerprint density at radius 3 is 2.72 bits per heavy atom. The number of halogens is 2. The summed E-state index contributed by atoms with van der Waals surface area (Å²) in [5.74, 6) is 1.11. The molecule has 1 aromatic rings. The zero-order valence-corrected chi connectivity index (χ0v) is 11.6. The van der Waals surface area contributed by atoms with E-state index in [2.05, 4.69) is 0 Å². The Morgan fingerprint density at radius 1 is 1.28 bits per heavy atom. The molecule has 0 aromatic heterocycles. The van der Waals surface area contributed by atoms with Crippen LogP contribution < -0.4 is 4.74 Å². The van der Waals surface area contributed by atoms with E-state index < -0.39 is 0 Å². The Morgan fingerprint density at radius 2 is 2.00 bits per heavy atom. The van der Waals surface area contributed by atoms with E-state index >= 15 is 0 Å². The van der Waals surface area contributed by atoms with Gasteiger partial charge in [-0.2, -0.15) is 0 Å². The minimum absolute atomic E-state index is 0.253. The molecule has 0 amide bonds. The van der Waals surface area contributed by atoms with Crippen molar-refractivity contribution in [2.24, 2.45) is 5.92 Å². The standard InChI is InChI=1S/C14H16Cl2O2/c15-11-6-3-7-13(14(11)16)18-9-8-12(17)10-4-1-2-5-10/h3,6-7,10H,1-2,4-5,8-9H2. The van der Waals surface area contributed by atoms with Crippen LogP contribution in [0.25, 0.3) is 0 Å². The lowest BCUT2D eigenvalue weighted by molar-refractivity contribution is -0.123. The van der Waals surface area contributed by atoms with Gasteiger partial charge in [0.05, 0.1) is 11.6 Å². The summed E-state index contributed by atoms with van der Waals surface area (Å²) in [7, 11) is 0. The van der Waals surface area contributed by atoms with Crippen LogP contribution in [0.3, 0.4) is 0 Å². The summed E-state index contributed by atoms with van der Waals surface area (Å²) in [6.45, 7) is 0.370. The second-order valence-corrected chi connectivity index (χ2v) is 5.38. The molecule has 0 heterocycles. The average Bonchev–Trinajstić information content (AvgIpc) is 2.88. The first kappa shape index (κ1) is 13.7. The molecule has 1 aliphatic carbocycles. The third kappa shape index (κ3) is 3.39. The van der Waals surface area contributed by atoms with Crippen LogP contribution >= 0.6 is 23.2 Å². The number of Topliss-reactive ketones (excluding diaryl/α,β-unsaturated/α-hetero) is 1. The third-order valence-corrected chi connectivity index (χ3v) is 4.13. The van der Waals surface area contributed by atoms with Crippen molar-refractivity contribution in [2.45, 2.75) is 32.1 Å². The molecule has 98 valence electrons. The van der Waals surface area contributed by atoms with Crippen molar-refractivity contribution in [1.82, 2.24) is 0 Å². The quantitative estimate of drug-likeness (QED) is 0.795. The third-order valence-electron chi connectivity index (χ3n) is 3.33. The highest BCUT2D eigenvalue weighted by Crippen LogP contribution is 2.32. The molecule has 1 fully saturated rings. The van der Waals surface area contributed by atoms with Gasteiger partial charge in [0, 0.05) is 12.3 Å². The van der Waals surface area contributed by atoms with Crippen molar-refractivity contribution in [3.63, 3.8) is 0 Å². The lowest BCUT2D eigenvalue weighted by Crippen LogP contribution is -2.14. The Hall–Kier alpha value is -0.730. The van der Waals surface area contributed by atoms with E-state index in [4.69, 9.17) is 27.9 Å². The number of benzene rings is 1. The van der Waals surface area contributed by atoms with Crippen molar-refractivity contribution < 1.29 is 9.53 Å². The summed E-state index contributed by atoms with van der Waals surface area (Å²) in [6, 6.07) is 5.25. The molecule has 0 atom stereocenters. The molecule has 1 saturated carbocycles. The van der Waals surface area contributed by atoms with Crippen LogP contribution in [0.2, 0.25) is 10.0 Å². The summed E-state index contributed by atoms with van der Waals surface area (Å²) in [6.07, 6.45) is 4.88. The van der Waals surface area contributed by atoms with Crippen LogP contribution in [-0.2, 0) is 4.79 Å². The topological polar surface area (TPSA) is 26.3 Å². The van der Waals surface area contributed by atoms with Crippen LogP contribution in [0, 0.1) is 5.92 Å². The van der Waals surface area contributed by atoms with Crippen molar-refractivity contribution in [1.29, 1.82) is 0 Å². The van der Waals surface area contributed by atoms with E-state index in [9.17, 15) is 4.79 Å². The molecule has 0 bridgehead atoms. The van der Waals surface area contributed by atoms with Gasteiger partial charge in [0.25, 0.3) is 0 Å². The molecule has 0 spiro atoms. The molecular weight excluding hydrogens is 271 g/mol. The molecule has 2 rings (SSSR count). The zero-order chi connectivity index (χ0) is 13.0. The van der Waals surface area contributed by atoms with Gasteiger partial charge in [-0.15, -0.1) is 0 Å². The summed E-state index contributed by atoms with van der Waals surface area (Å²) in [5, 5.41) is 0.878. The number of hydrogen-bond donors (Lipinski definition) is 0. The highest BCUT2D eigenvalue weighted by molar-refractivity contribution is 6.42. The largest absolute Gasteiger partial charge is 0.492 e. The second kappa shape index (κ2) is 6.44. The van der Waals surface area contributed by atoms with Crippen molar-refractivity contribution in [3.05, 3.63) is 28.2 Å². The zero-order valence-electron chi connectivity index (χ0n) is 10.1. The molecule has 0 N–H and O–H groups in total. The monoisotopic (exact) mass is 286 g/mol. The smallest absolute Gasteiger partial charge is 0.139 e. The maximum absolute atomic E-state index is 11.8. The fourth-order valence-corrected chi connectivity index (χ4v) is 2.66. The summed E-state index contributed by atoms with van der Waals surface area (Å²) in [4.78, 5) is 11.8. The van der Waals surface area contributed by atoms with Crippen molar-refractivity contribution in [2.75, 3.05) is 6.61 Å². The first-order valence-corrected chi connectivity index (χ1v) is 7.03. The minimum Gasteiger partial charge on any atom is -0.492 e. The molecule has 4 heteroatoms. The Kier molecular flexibility index (Phi) is 4.90. The van der Waals surface area contributed by atoms with E-state index in [-0.39, 0.29) is 5.92 Å². The molecule has 0 saturated heterocycles. The first-order valence-electron chi connectivity index (χ1n) is 6.28. The lowest BCUT2D eigenvalue weighted by Gasteiger charge is -2.10. The summed E-state index contributed by atoms with van der Waals surface area (Å²) < 4.78 is 5.51. The van der Waals surface area contributed by atoms with Gasteiger partial charge in [-0.05, 0) is 25.0 Å². The van der Waals surface area contributed by atoms with Gasteiger partial charge in [-0.25, -0.2) is 0 Å². The van der Waals surface area contributed by atoms with E-state index in [1.165, 1.54) is 12.8 Å². The number of hydrogen-bond acceptors (Lipinski definition) is 2. The highest BCUT2D eigenvalue weighted by Gasteiger charge is 2.22. The maximum Gasteiger partial charge on any atom is 0.139 e. The van der Waals surface area contributed by atoms with Gasteiger partial charge in [-0.1, -0.05) is 42.1 Å². The van der Waals surface area contributed by atoms with Gasteiger partial charge in [0.2, 0.25) is 0 Å². The molecule has 18 heavy (non-hydrogen) atoms. The van der Waals surface area contributed by atoms with Gasteiger partial charge >= 0.3 is 0 Å². The summed E-state index contributed by atoms with van der Waals surface area (Å²) >= 11 is 11.9. The van der Waals surface area contributed by atoms with Gasteiger partial charge in [0.15, 0.2) is 0 Å². The van der Waals surface area contributed by atoms with Crippen LogP contribution in [0.1, 0.15) is 32.1 Å². The normalized spacial score (nSPS) is 15.9. The molecule has 1 aliphatic rings. The van der Waals surface area contributed by atoms with E-state index in [1.54, 1.807) is 18.2 Å². The molecule has 0 unspecified atom stereocenters. The predicted octanol–water partition coefficient (Wildman–Crippen LogP) is 4.52. The van der Waals surface area contributed by atoms with Crippen LogP contribution in [0.5, 0.6) is 5.75 Å².